The molecule has 1 saturated heterocycles. The van der Waals surface area contributed by atoms with Gasteiger partial charge in [-0.25, -0.2) is 4.79 Å². The van der Waals surface area contributed by atoms with Gasteiger partial charge in [0.2, 0.25) is 0 Å². The first-order chi connectivity index (χ1) is 9.77. The number of aliphatic carboxylic acids is 1. The number of piperidine rings is 1. The van der Waals surface area contributed by atoms with Crippen LogP contribution in [0.1, 0.15) is 19.3 Å². The molecule has 1 aliphatic heterocycles. The molecule has 1 aromatic heterocycles. The lowest BCUT2D eigenvalue weighted by atomic mass is 10.0. The molecule has 1 fully saturated rings. The van der Waals surface area contributed by atoms with Crippen molar-refractivity contribution in [2.24, 2.45) is 0 Å². The van der Waals surface area contributed by atoms with Gasteiger partial charge in [-0.05, 0) is 41.8 Å². The lowest BCUT2D eigenvalue weighted by Crippen LogP contribution is -2.46. The number of aromatic nitrogens is 4. The number of anilines is 1. The summed E-state index contributed by atoms with van der Waals surface area (Å²) in [5, 5.41) is 21.0. The first-order valence-electron chi connectivity index (χ1n) is 6.60. The summed E-state index contributed by atoms with van der Waals surface area (Å²) in [5.74, 6) is -0.337. The number of benzene rings is 1. The van der Waals surface area contributed by atoms with Gasteiger partial charge in [0.05, 0.1) is 5.69 Å². The fraction of sp³-hybridized carbons (Fsp3) is 0.385. The lowest BCUT2D eigenvalue weighted by molar-refractivity contribution is -0.139. The predicted octanol–water partition coefficient (Wildman–Crippen LogP) is 1.11. The number of tetrazole rings is 1. The second-order valence-electron chi connectivity index (χ2n) is 4.77. The number of hydrogen-bond acceptors (Lipinski definition) is 5. The Labute approximate surface area is 115 Å². The van der Waals surface area contributed by atoms with E-state index in [1.807, 2.05) is 30.3 Å². The minimum atomic E-state index is -0.827. The Morgan fingerprint density at radius 3 is 2.80 bits per heavy atom. The fourth-order valence-corrected chi connectivity index (χ4v) is 2.53. The lowest BCUT2D eigenvalue weighted by Gasteiger charge is -2.32. The minimum Gasteiger partial charge on any atom is -0.480 e. The molecule has 0 saturated carbocycles. The van der Waals surface area contributed by atoms with Crippen LogP contribution in [0.4, 0.5) is 5.95 Å². The molecular formula is C13H15N5O2. The monoisotopic (exact) mass is 273 g/mol. The Morgan fingerprint density at radius 2 is 2.05 bits per heavy atom. The van der Waals surface area contributed by atoms with Crippen LogP contribution in [-0.4, -0.2) is 43.9 Å². The van der Waals surface area contributed by atoms with Crippen molar-refractivity contribution >= 4 is 11.9 Å². The maximum absolute atomic E-state index is 11.4. The molecule has 1 N–H and O–H groups in total. The van der Waals surface area contributed by atoms with Gasteiger partial charge in [-0.15, -0.1) is 0 Å². The van der Waals surface area contributed by atoms with Crippen molar-refractivity contribution in [3.8, 4) is 5.69 Å². The van der Waals surface area contributed by atoms with Crippen molar-refractivity contribution in [2.45, 2.75) is 25.3 Å². The van der Waals surface area contributed by atoms with Gasteiger partial charge in [-0.3, -0.25) is 0 Å². The highest BCUT2D eigenvalue weighted by atomic mass is 16.4. The Bertz CT molecular complexity index is 598. The minimum absolute atomic E-state index is 0.489. The number of carbonyl (C=O) groups is 1. The van der Waals surface area contributed by atoms with Crippen LogP contribution in [0.3, 0.4) is 0 Å². The highest BCUT2D eigenvalue weighted by molar-refractivity contribution is 5.77. The molecule has 0 bridgehead atoms. The van der Waals surface area contributed by atoms with Crippen LogP contribution < -0.4 is 4.90 Å². The van der Waals surface area contributed by atoms with Crippen LogP contribution in [0.2, 0.25) is 0 Å². The van der Waals surface area contributed by atoms with Gasteiger partial charge in [-0.1, -0.05) is 23.3 Å². The molecule has 7 nitrogen and oxygen atoms in total. The molecule has 20 heavy (non-hydrogen) atoms. The average molecular weight is 273 g/mol. The van der Waals surface area contributed by atoms with E-state index in [-0.39, 0.29) is 0 Å². The van der Waals surface area contributed by atoms with Gasteiger partial charge in [-0.2, -0.15) is 4.68 Å². The quantitative estimate of drug-likeness (QED) is 0.901. The molecule has 1 unspecified atom stereocenters. The third-order valence-electron chi connectivity index (χ3n) is 3.50. The Balaban J connectivity index is 1.98. The molecule has 2 heterocycles. The molecule has 1 aliphatic rings. The van der Waals surface area contributed by atoms with Crippen molar-refractivity contribution in [2.75, 3.05) is 11.4 Å². The van der Waals surface area contributed by atoms with Crippen LogP contribution >= 0.6 is 0 Å². The average Bonchev–Trinajstić information content (AvgIpc) is 2.97. The van der Waals surface area contributed by atoms with Crippen molar-refractivity contribution < 1.29 is 9.90 Å². The van der Waals surface area contributed by atoms with Gasteiger partial charge >= 0.3 is 5.97 Å². The van der Waals surface area contributed by atoms with E-state index < -0.39 is 12.0 Å². The van der Waals surface area contributed by atoms with E-state index in [2.05, 4.69) is 15.5 Å². The third-order valence-corrected chi connectivity index (χ3v) is 3.50. The number of rotatable bonds is 3. The zero-order valence-electron chi connectivity index (χ0n) is 10.9. The van der Waals surface area contributed by atoms with E-state index in [0.29, 0.717) is 18.9 Å². The standard InChI is InChI=1S/C13H15N5O2/c19-12(20)11-8-4-5-9-17(11)13-14-15-16-18(13)10-6-2-1-3-7-10/h1-3,6-7,11H,4-5,8-9H2,(H,19,20). The normalized spacial score (nSPS) is 19.0. The molecule has 2 aromatic rings. The molecule has 0 spiro atoms. The SMILES string of the molecule is O=C(O)C1CCCCN1c1nnnn1-c1ccccc1. The zero-order chi connectivity index (χ0) is 13.9. The summed E-state index contributed by atoms with van der Waals surface area (Å²) in [6.45, 7) is 0.657. The van der Waals surface area contributed by atoms with Crippen LogP contribution in [0.5, 0.6) is 0 Å². The highest BCUT2D eigenvalue weighted by Crippen LogP contribution is 2.24. The first kappa shape index (κ1) is 12.6. The Morgan fingerprint density at radius 1 is 1.25 bits per heavy atom. The van der Waals surface area contributed by atoms with Crippen molar-refractivity contribution in [3.05, 3.63) is 30.3 Å². The van der Waals surface area contributed by atoms with E-state index in [4.69, 9.17) is 0 Å². The summed E-state index contributed by atoms with van der Waals surface area (Å²) in [4.78, 5) is 13.2. The summed E-state index contributed by atoms with van der Waals surface area (Å²) in [6.07, 6.45) is 2.49. The number of nitrogens with zero attached hydrogens (tertiary/aromatic N) is 5. The summed E-state index contributed by atoms with van der Waals surface area (Å²) in [5.41, 5.74) is 0.821. The molecule has 0 aliphatic carbocycles. The number of carboxylic acid groups (broad SMARTS) is 1. The largest absolute Gasteiger partial charge is 0.480 e. The number of carboxylic acids is 1. The van der Waals surface area contributed by atoms with E-state index in [9.17, 15) is 9.90 Å². The highest BCUT2D eigenvalue weighted by Gasteiger charge is 2.32. The van der Waals surface area contributed by atoms with Crippen molar-refractivity contribution in [1.82, 2.24) is 20.2 Å². The molecule has 3 rings (SSSR count). The third kappa shape index (κ3) is 2.22. The predicted molar refractivity (Wildman–Crippen MR) is 71.8 cm³/mol. The molecule has 104 valence electrons. The van der Waals surface area contributed by atoms with E-state index >= 15 is 0 Å². The second kappa shape index (κ2) is 5.28. The van der Waals surface area contributed by atoms with E-state index in [1.54, 1.807) is 9.58 Å². The van der Waals surface area contributed by atoms with E-state index in [1.165, 1.54) is 0 Å². The maximum atomic E-state index is 11.4. The summed E-state index contributed by atoms with van der Waals surface area (Å²) in [7, 11) is 0. The van der Waals surface area contributed by atoms with E-state index in [0.717, 1.165) is 18.5 Å². The Kier molecular flexibility index (Phi) is 3.32. The summed E-state index contributed by atoms with van der Waals surface area (Å²) >= 11 is 0. The van der Waals surface area contributed by atoms with Crippen LogP contribution in [0, 0.1) is 0 Å². The van der Waals surface area contributed by atoms with Crippen molar-refractivity contribution in [1.29, 1.82) is 0 Å². The molecule has 0 radical (unpaired) electrons. The summed E-state index contributed by atoms with van der Waals surface area (Å²) in [6, 6.07) is 8.92. The van der Waals surface area contributed by atoms with Crippen LogP contribution in [0.25, 0.3) is 5.69 Å². The van der Waals surface area contributed by atoms with Gasteiger partial charge in [0.1, 0.15) is 6.04 Å². The zero-order valence-corrected chi connectivity index (χ0v) is 10.9. The van der Waals surface area contributed by atoms with Crippen LogP contribution in [0.15, 0.2) is 30.3 Å². The number of para-hydroxylation sites is 1. The topological polar surface area (TPSA) is 84.1 Å². The van der Waals surface area contributed by atoms with Gasteiger partial charge < -0.3 is 10.0 Å². The molecule has 0 amide bonds. The number of hydrogen-bond donors (Lipinski definition) is 1. The van der Waals surface area contributed by atoms with Crippen molar-refractivity contribution in [3.63, 3.8) is 0 Å². The van der Waals surface area contributed by atoms with Crippen LogP contribution in [-0.2, 0) is 4.79 Å². The molecule has 1 aromatic carbocycles. The fourth-order valence-electron chi connectivity index (χ4n) is 2.53. The Hall–Kier alpha value is -2.44. The molecule has 7 heteroatoms. The maximum Gasteiger partial charge on any atom is 0.326 e. The van der Waals surface area contributed by atoms with Gasteiger partial charge in [0.25, 0.3) is 5.95 Å². The summed E-state index contributed by atoms with van der Waals surface area (Å²) < 4.78 is 1.58. The molecule has 1 atom stereocenters. The van der Waals surface area contributed by atoms with Gasteiger partial charge in [0, 0.05) is 6.54 Å². The smallest absolute Gasteiger partial charge is 0.326 e. The van der Waals surface area contributed by atoms with Gasteiger partial charge in [0.15, 0.2) is 0 Å². The molecular weight excluding hydrogens is 258 g/mol. The first-order valence-corrected chi connectivity index (χ1v) is 6.60. The second-order valence-corrected chi connectivity index (χ2v) is 4.77.